The largest absolute Gasteiger partial charge is 0.478 e. The van der Waals surface area contributed by atoms with Crippen molar-refractivity contribution >= 4 is 40.1 Å². The number of aromatic nitrogens is 3. The molecule has 0 aliphatic carbocycles. The van der Waals surface area contributed by atoms with E-state index in [9.17, 15) is 24.3 Å². The van der Waals surface area contributed by atoms with Crippen LogP contribution in [0.15, 0.2) is 30.3 Å². The van der Waals surface area contributed by atoms with Gasteiger partial charge in [0.2, 0.25) is 0 Å². The number of anilines is 1. The highest BCUT2D eigenvalue weighted by Crippen LogP contribution is 2.36. The SMILES string of the molecule is Cc1nn(-c2ccccc2)nc1C(=O)NCC1Cc2c(sc(NC(=O)C(=O)O)c2C(=O)O)CN1. The van der Waals surface area contributed by atoms with Crippen molar-refractivity contribution in [1.29, 1.82) is 0 Å². The van der Waals surface area contributed by atoms with Gasteiger partial charge in [-0.05, 0) is 31.0 Å². The van der Waals surface area contributed by atoms with Gasteiger partial charge >= 0.3 is 17.8 Å². The number of thiophene rings is 1. The fourth-order valence-corrected chi connectivity index (χ4v) is 4.77. The predicted molar refractivity (Wildman–Crippen MR) is 120 cm³/mol. The van der Waals surface area contributed by atoms with Crippen LogP contribution >= 0.6 is 11.3 Å². The van der Waals surface area contributed by atoms with Crippen LogP contribution in [-0.4, -0.2) is 61.5 Å². The van der Waals surface area contributed by atoms with Crippen LogP contribution in [0.5, 0.6) is 0 Å². The molecule has 0 saturated heterocycles. The number of carboxylic acids is 2. The number of rotatable bonds is 6. The summed E-state index contributed by atoms with van der Waals surface area (Å²) in [6, 6.07) is 8.90. The second kappa shape index (κ2) is 9.41. The van der Waals surface area contributed by atoms with Gasteiger partial charge in [0.25, 0.3) is 5.91 Å². The van der Waals surface area contributed by atoms with Crippen molar-refractivity contribution in [2.24, 2.45) is 0 Å². The first-order chi connectivity index (χ1) is 16.2. The molecule has 12 nitrogen and oxygen atoms in total. The van der Waals surface area contributed by atoms with Crippen molar-refractivity contribution < 1.29 is 29.4 Å². The molecule has 1 aromatic carbocycles. The standard InChI is InChI=1S/C21H20N6O6S/c1-10-16(26-27(25-10)12-5-3-2-4-6-12)17(28)23-8-11-7-13-14(9-22-11)34-19(15(13)20(30)31)24-18(29)21(32)33/h2-6,11,22H,7-9H2,1H3,(H,23,28)(H,24,29)(H,30,31)(H,32,33). The van der Waals surface area contributed by atoms with E-state index < -0.39 is 23.8 Å². The third kappa shape index (κ3) is 4.65. The van der Waals surface area contributed by atoms with Crippen molar-refractivity contribution in [3.63, 3.8) is 0 Å². The van der Waals surface area contributed by atoms with Crippen LogP contribution < -0.4 is 16.0 Å². The topological polar surface area (TPSA) is 176 Å². The molecule has 0 spiro atoms. The van der Waals surface area contributed by atoms with E-state index in [0.29, 0.717) is 22.7 Å². The highest BCUT2D eigenvalue weighted by molar-refractivity contribution is 7.17. The zero-order valence-electron chi connectivity index (χ0n) is 17.9. The number of aryl methyl sites for hydroxylation is 1. The lowest BCUT2D eigenvalue weighted by molar-refractivity contribution is -0.147. The summed E-state index contributed by atoms with van der Waals surface area (Å²) in [6.07, 6.45) is 0.270. The molecule has 0 bridgehead atoms. The summed E-state index contributed by atoms with van der Waals surface area (Å²) in [5.74, 6) is -4.70. The fourth-order valence-electron chi connectivity index (χ4n) is 3.61. The lowest BCUT2D eigenvalue weighted by atomic mass is 9.98. The van der Waals surface area contributed by atoms with Crippen LogP contribution in [-0.2, 0) is 22.6 Å². The lowest BCUT2D eigenvalue weighted by Crippen LogP contribution is -2.44. The summed E-state index contributed by atoms with van der Waals surface area (Å²) < 4.78 is 0. The second-order valence-electron chi connectivity index (χ2n) is 7.52. The Balaban J connectivity index is 1.45. The Hall–Kier alpha value is -4.10. The smallest absolute Gasteiger partial charge is 0.394 e. The lowest BCUT2D eigenvalue weighted by Gasteiger charge is -2.24. The van der Waals surface area contributed by atoms with Crippen LogP contribution in [0, 0.1) is 6.92 Å². The molecule has 34 heavy (non-hydrogen) atoms. The first kappa shape index (κ1) is 23.1. The van der Waals surface area contributed by atoms with Gasteiger partial charge in [-0.3, -0.25) is 9.59 Å². The van der Waals surface area contributed by atoms with E-state index in [2.05, 4.69) is 26.1 Å². The molecular formula is C21H20N6O6S. The van der Waals surface area contributed by atoms with E-state index >= 15 is 0 Å². The van der Waals surface area contributed by atoms with Gasteiger partial charge < -0.3 is 26.2 Å². The van der Waals surface area contributed by atoms with Gasteiger partial charge in [0, 0.05) is 24.0 Å². The summed E-state index contributed by atoms with van der Waals surface area (Å²) in [7, 11) is 0. The number of amides is 2. The van der Waals surface area contributed by atoms with Gasteiger partial charge in [-0.25, -0.2) is 9.59 Å². The maximum atomic E-state index is 12.7. The number of nitrogens with one attached hydrogen (secondary N) is 3. The van der Waals surface area contributed by atoms with Gasteiger partial charge in [-0.2, -0.15) is 9.90 Å². The Morgan fingerprint density at radius 3 is 2.59 bits per heavy atom. The number of benzene rings is 1. The van der Waals surface area contributed by atoms with E-state index in [0.717, 1.165) is 17.0 Å². The third-order valence-electron chi connectivity index (χ3n) is 5.22. The van der Waals surface area contributed by atoms with Crippen molar-refractivity contribution in [2.45, 2.75) is 25.9 Å². The molecule has 13 heteroatoms. The van der Waals surface area contributed by atoms with E-state index in [1.54, 1.807) is 6.92 Å². The number of hydrogen-bond donors (Lipinski definition) is 5. The highest BCUT2D eigenvalue weighted by atomic mass is 32.1. The Bertz CT molecular complexity index is 1280. The minimum atomic E-state index is -1.71. The quantitative estimate of drug-likeness (QED) is 0.317. The first-order valence-electron chi connectivity index (χ1n) is 10.2. The molecule has 3 heterocycles. The minimum Gasteiger partial charge on any atom is -0.478 e. The molecule has 2 amide bonds. The van der Waals surface area contributed by atoms with Gasteiger partial charge in [-0.1, -0.05) is 18.2 Å². The number of nitrogens with zero attached hydrogens (tertiary/aromatic N) is 3. The monoisotopic (exact) mass is 484 g/mol. The van der Waals surface area contributed by atoms with Crippen LogP contribution in [0.3, 0.4) is 0 Å². The molecule has 5 N–H and O–H groups in total. The van der Waals surface area contributed by atoms with Crippen molar-refractivity contribution in [1.82, 2.24) is 25.6 Å². The molecular weight excluding hydrogens is 464 g/mol. The Labute approximate surface area is 196 Å². The second-order valence-corrected chi connectivity index (χ2v) is 8.63. The molecule has 1 aliphatic heterocycles. The number of hydrogen-bond acceptors (Lipinski definition) is 8. The van der Waals surface area contributed by atoms with Gasteiger partial charge in [0.05, 0.1) is 16.9 Å². The Morgan fingerprint density at radius 2 is 1.91 bits per heavy atom. The number of para-hydroxylation sites is 1. The van der Waals surface area contributed by atoms with Gasteiger partial charge in [0.1, 0.15) is 5.00 Å². The average Bonchev–Trinajstić information content (AvgIpc) is 3.37. The zero-order chi connectivity index (χ0) is 24.4. The van der Waals surface area contributed by atoms with Crippen LogP contribution in [0.25, 0.3) is 5.69 Å². The van der Waals surface area contributed by atoms with Gasteiger partial charge in [0.15, 0.2) is 5.69 Å². The maximum absolute atomic E-state index is 12.7. The molecule has 0 radical (unpaired) electrons. The number of carboxylic acid groups (broad SMARTS) is 2. The summed E-state index contributed by atoms with van der Waals surface area (Å²) in [6.45, 7) is 2.19. The van der Waals surface area contributed by atoms with Crippen LogP contribution in [0.2, 0.25) is 0 Å². The summed E-state index contributed by atoms with van der Waals surface area (Å²) >= 11 is 1.01. The first-order valence-corrected chi connectivity index (χ1v) is 11.0. The molecule has 1 atom stereocenters. The molecule has 0 saturated carbocycles. The number of aliphatic carboxylic acids is 1. The van der Waals surface area contributed by atoms with E-state index in [4.69, 9.17) is 5.11 Å². The number of carbonyl (C=O) groups is 4. The van der Waals surface area contributed by atoms with Gasteiger partial charge in [-0.15, -0.1) is 16.4 Å². The van der Waals surface area contributed by atoms with E-state index in [-0.39, 0.29) is 35.3 Å². The van der Waals surface area contributed by atoms with Crippen molar-refractivity contribution in [2.75, 3.05) is 11.9 Å². The summed E-state index contributed by atoms with van der Waals surface area (Å²) in [5.41, 5.74) is 1.73. The summed E-state index contributed by atoms with van der Waals surface area (Å²) in [4.78, 5) is 49.0. The number of carbonyl (C=O) groups excluding carboxylic acids is 2. The fraction of sp³-hybridized carbons (Fsp3) is 0.238. The number of fused-ring (bicyclic) bond motifs is 1. The molecule has 176 valence electrons. The molecule has 1 unspecified atom stereocenters. The average molecular weight is 484 g/mol. The van der Waals surface area contributed by atoms with Crippen molar-refractivity contribution in [3.8, 4) is 5.69 Å². The molecule has 3 aromatic rings. The molecule has 0 fully saturated rings. The Morgan fingerprint density at radius 1 is 1.18 bits per heavy atom. The maximum Gasteiger partial charge on any atom is 0.394 e. The zero-order valence-corrected chi connectivity index (χ0v) is 18.7. The Kier molecular flexibility index (Phi) is 6.38. The van der Waals surface area contributed by atoms with E-state index in [1.165, 1.54) is 4.80 Å². The predicted octanol–water partition coefficient (Wildman–Crippen LogP) is 0.803. The third-order valence-corrected chi connectivity index (χ3v) is 6.37. The van der Waals surface area contributed by atoms with Crippen molar-refractivity contribution in [3.05, 3.63) is 57.7 Å². The molecule has 4 rings (SSSR count). The molecule has 2 aromatic heterocycles. The van der Waals surface area contributed by atoms with Crippen LogP contribution in [0.4, 0.5) is 5.00 Å². The number of aromatic carboxylic acids is 1. The normalized spacial score (nSPS) is 14.8. The van der Waals surface area contributed by atoms with E-state index in [1.807, 2.05) is 30.3 Å². The van der Waals surface area contributed by atoms with Crippen LogP contribution in [0.1, 0.15) is 37.0 Å². The highest BCUT2D eigenvalue weighted by Gasteiger charge is 2.30. The molecule has 1 aliphatic rings. The summed E-state index contributed by atoms with van der Waals surface area (Å²) in [5, 5.41) is 35.1. The minimum absolute atomic E-state index is 0.0236.